The van der Waals surface area contributed by atoms with Crippen molar-refractivity contribution in [1.82, 2.24) is 10.6 Å². The lowest BCUT2D eigenvalue weighted by Crippen LogP contribution is -2.19. The van der Waals surface area contributed by atoms with Crippen molar-refractivity contribution in [3.8, 4) is 0 Å². The molecule has 0 amide bonds. The molecule has 0 spiro atoms. The quantitative estimate of drug-likeness (QED) is 0.341. The molecule has 0 heterocycles. The lowest BCUT2D eigenvalue weighted by molar-refractivity contribution is 0.550. The lowest BCUT2D eigenvalue weighted by Gasteiger charge is -2.05. The Morgan fingerprint density at radius 1 is 0.471 bits per heavy atom. The zero-order valence-electron chi connectivity index (χ0n) is 11.3. The van der Waals surface area contributed by atoms with Crippen LogP contribution < -0.4 is 22.1 Å². The molecule has 0 fully saturated rings. The normalized spacial score (nSPS) is 10.9. The number of nitrogens with one attached hydrogen (secondary N) is 2. The summed E-state index contributed by atoms with van der Waals surface area (Å²) >= 11 is 0. The monoisotopic (exact) mass is 244 g/mol. The van der Waals surface area contributed by atoms with Crippen molar-refractivity contribution < 1.29 is 0 Å². The van der Waals surface area contributed by atoms with E-state index in [1.54, 1.807) is 0 Å². The zero-order valence-corrected chi connectivity index (χ0v) is 11.3. The van der Waals surface area contributed by atoms with Gasteiger partial charge in [-0.25, -0.2) is 0 Å². The highest BCUT2D eigenvalue weighted by molar-refractivity contribution is 4.52. The fourth-order valence-corrected chi connectivity index (χ4v) is 1.73. The molecule has 6 N–H and O–H groups in total. The molecule has 0 aromatic heterocycles. The van der Waals surface area contributed by atoms with Crippen LogP contribution >= 0.6 is 0 Å². The van der Waals surface area contributed by atoms with Crippen molar-refractivity contribution in [2.45, 2.75) is 44.9 Å². The van der Waals surface area contributed by atoms with Crippen LogP contribution in [0, 0.1) is 0 Å². The third-order valence-corrected chi connectivity index (χ3v) is 2.82. The van der Waals surface area contributed by atoms with Crippen LogP contribution in [0.5, 0.6) is 0 Å². The van der Waals surface area contributed by atoms with Crippen LogP contribution in [0.1, 0.15) is 44.9 Å². The molecule has 0 aromatic carbocycles. The van der Waals surface area contributed by atoms with Gasteiger partial charge in [0.25, 0.3) is 0 Å². The molecule has 0 aliphatic rings. The number of hydrogen-bond donors (Lipinski definition) is 4. The van der Waals surface area contributed by atoms with Crippen LogP contribution in [-0.4, -0.2) is 39.3 Å². The van der Waals surface area contributed by atoms with Crippen LogP contribution in [0.4, 0.5) is 0 Å². The summed E-state index contributed by atoms with van der Waals surface area (Å²) in [5.74, 6) is 0. The smallest absolute Gasteiger partial charge is 0.00369 e. The number of hydrogen-bond acceptors (Lipinski definition) is 4. The molecule has 4 heteroatoms. The Balaban J connectivity index is 2.85. The van der Waals surface area contributed by atoms with Gasteiger partial charge >= 0.3 is 0 Å². The van der Waals surface area contributed by atoms with Crippen molar-refractivity contribution in [1.29, 1.82) is 0 Å². The first-order valence-corrected chi connectivity index (χ1v) is 7.23. The molecule has 0 saturated heterocycles. The average Bonchev–Trinajstić information content (AvgIpc) is 2.35. The minimum absolute atomic E-state index is 0.796. The molecular weight excluding hydrogens is 212 g/mol. The first-order valence-electron chi connectivity index (χ1n) is 7.23. The SMILES string of the molecule is NCCCNCCCCCCCNCCCN. The number of rotatable bonds is 14. The van der Waals surface area contributed by atoms with Gasteiger partial charge < -0.3 is 22.1 Å². The van der Waals surface area contributed by atoms with E-state index < -0.39 is 0 Å². The Labute approximate surface area is 107 Å². The van der Waals surface area contributed by atoms with E-state index in [9.17, 15) is 0 Å². The van der Waals surface area contributed by atoms with Crippen molar-refractivity contribution in [3.05, 3.63) is 0 Å². The summed E-state index contributed by atoms with van der Waals surface area (Å²) in [4.78, 5) is 0. The zero-order chi connectivity index (χ0) is 12.6. The highest BCUT2D eigenvalue weighted by atomic mass is 14.8. The van der Waals surface area contributed by atoms with Crippen molar-refractivity contribution in [2.24, 2.45) is 11.5 Å². The minimum Gasteiger partial charge on any atom is -0.330 e. The Morgan fingerprint density at radius 2 is 0.824 bits per heavy atom. The van der Waals surface area contributed by atoms with Crippen LogP contribution in [0.25, 0.3) is 0 Å². The van der Waals surface area contributed by atoms with E-state index in [4.69, 9.17) is 11.5 Å². The predicted octanol–water partition coefficient (Wildman–Crippen LogP) is 0.814. The molecule has 0 aliphatic carbocycles. The standard InChI is InChI=1S/C13H32N4/c14-8-6-12-16-10-4-2-1-3-5-11-17-13-7-9-15/h16-17H,1-15H2. The van der Waals surface area contributed by atoms with E-state index in [0.717, 1.165) is 52.1 Å². The molecule has 0 aromatic rings. The highest BCUT2D eigenvalue weighted by Crippen LogP contribution is 2.01. The summed E-state index contributed by atoms with van der Waals surface area (Å²) in [7, 11) is 0. The topological polar surface area (TPSA) is 76.1 Å². The van der Waals surface area contributed by atoms with Gasteiger partial charge in [-0.2, -0.15) is 0 Å². The maximum absolute atomic E-state index is 5.41. The summed E-state index contributed by atoms with van der Waals surface area (Å²) < 4.78 is 0. The first kappa shape index (κ1) is 16.8. The third-order valence-electron chi connectivity index (χ3n) is 2.82. The Hall–Kier alpha value is -0.160. The molecule has 0 saturated carbocycles. The summed E-state index contributed by atoms with van der Waals surface area (Å²) in [6, 6.07) is 0. The number of unbranched alkanes of at least 4 members (excludes halogenated alkanes) is 4. The van der Waals surface area contributed by atoms with E-state index in [1.807, 2.05) is 0 Å². The van der Waals surface area contributed by atoms with Gasteiger partial charge in [0.15, 0.2) is 0 Å². The predicted molar refractivity (Wildman–Crippen MR) is 76.2 cm³/mol. The van der Waals surface area contributed by atoms with Gasteiger partial charge in [0, 0.05) is 0 Å². The molecule has 0 bridgehead atoms. The van der Waals surface area contributed by atoms with E-state index in [-0.39, 0.29) is 0 Å². The first-order chi connectivity index (χ1) is 8.41. The molecule has 0 unspecified atom stereocenters. The van der Waals surface area contributed by atoms with Gasteiger partial charge in [0.2, 0.25) is 0 Å². The van der Waals surface area contributed by atoms with Gasteiger partial charge in [-0.3, -0.25) is 0 Å². The van der Waals surface area contributed by atoms with E-state index >= 15 is 0 Å². The molecule has 4 nitrogen and oxygen atoms in total. The summed E-state index contributed by atoms with van der Waals surface area (Å²) in [6.45, 7) is 6.03. The van der Waals surface area contributed by atoms with Gasteiger partial charge in [-0.1, -0.05) is 19.3 Å². The van der Waals surface area contributed by atoms with Crippen LogP contribution in [0.15, 0.2) is 0 Å². The highest BCUT2D eigenvalue weighted by Gasteiger charge is 1.91. The Kier molecular flexibility index (Phi) is 15.7. The molecule has 0 aliphatic heterocycles. The largest absolute Gasteiger partial charge is 0.330 e. The van der Waals surface area contributed by atoms with Gasteiger partial charge in [0.1, 0.15) is 0 Å². The second kappa shape index (κ2) is 15.8. The molecule has 17 heavy (non-hydrogen) atoms. The fourth-order valence-electron chi connectivity index (χ4n) is 1.73. The molecule has 0 radical (unpaired) electrons. The number of nitrogens with two attached hydrogens (primary N) is 2. The molecular formula is C13H32N4. The molecule has 104 valence electrons. The van der Waals surface area contributed by atoms with Gasteiger partial charge in [-0.15, -0.1) is 0 Å². The van der Waals surface area contributed by atoms with Crippen molar-refractivity contribution in [3.63, 3.8) is 0 Å². The second-order valence-electron chi connectivity index (χ2n) is 4.55. The van der Waals surface area contributed by atoms with Crippen molar-refractivity contribution >= 4 is 0 Å². The van der Waals surface area contributed by atoms with Crippen LogP contribution in [0.3, 0.4) is 0 Å². The van der Waals surface area contributed by atoms with Gasteiger partial charge in [0.05, 0.1) is 0 Å². The Bertz CT molecular complexity index is 117. The maximum atomic E-state index is 5.41. The van der Waals surface area contributed by atoms with Crippen LogP contribution in [0.2, 0.25) is 0 Å². The summed E-state index contributed by atoms with van der Waals surface area (Å²) in [5.41, 5.74) is 10.8. The minimum atomic E-state index is 0.796. The van der Waals surface area contributed by atoms with Crippen molar-refractivity contribution in [2.75, 3.05) is 39.3 Å². The summed E-state index contributed by atoms with van der Waals surface area (Å²) in [5, 5.41) is 6.81. The van der Waals surface area contributed by atoms with Gasteiger partial charge in [-0.05, 0) is 65.0 Å². The molecule has 0 atom stereocenters. The maximum Gasteiger partial charge on any atom is -0.00369 e. The third kappa shape index (κ3) is 15.8. The fraction of sp³-hybridized carbons (Fsp3) is 1.00. The molecule has 0 rings (SSSR count). The van der Waals surface area contributed by atoms with E-state index in [2.05, 4.69) is 10.6 Å². The Morgan fingerprint density at radius 3 is 1.24 bits per heavy atom. The van der Waals surface area contributed by atoms with E-state index in [1.165, 1.54) is 32.1 Å². The summed E-state index contributed by atoms with van der Waals surface area (Å²) in [6.07, 6.45) is 8.83. The lowest BCUT2D eigenvalue weighted by atomic mass is 10.1. The average molecular weight is 244 g/mol. The second-order valence-corrected chi connectivity index (χ2v) is 4.55. The van der Waals surface area contributed by atoms with E-state index in [0.29, 0.717) is 0 Å². The van der Waals surface area contributed by atoms with Crippen LogP contribution in [-0.2, 0) is 0 Å².